The second-order valence-electron chi connectivity index (χ2n) is 6.60. The number of alkyl carbamates (subject to hydrolysis) is 1. The highest BCUT2D eigenvalue weighted by Gasteiger charge is 2.72. The molecule has 0 bridgehead atoms. The van der Waals surface area contributed by atoms with E-state index in [9.17, 15) is 9.59 Å². The zero-order chi connectivity index (χ0) is 18.8. The van der Waals surface area contributed by atoms with Gasteiger partial charge >= 0.3 is 12.1 Å². The summed E-state index contributed by atoms with van der Waals surface area (Å²) in [6.07, 6.45) is -0.186. The third-order valence-electron chi connectivity index (χ3n) is 4.98. The lowest BCUT2D eigenvalue weighted by Gasteiger charge is -2.22. The minimum absolute atomic E-state index is 0.138. The number of rotatable bonds is 5. The van der Waals surface area contributed by atoms with E-state index in [1.54, 1.807) is 0 Å². The quantitative estimate of drug-likeness (QED) is 0.747. The SMILES string of the molecule is COC(=O)C1(NC(=O)OCc2ccccc2)CC1(C)c1ccc(Br)cc1. The van der Waals surface area contributed by atoms with Crippen molar-refractivity contribution in [2.45, 2.75) is 30.9 Å². The molecular weight excluding hydrogens is 398 g/mol. The maximum atomic E-state index is 12.5. The van der Waals surface area contributed by atoms with Crippen LogP contribution in [0.1, 0.15) is 24.5 Å². The summed E-state index contributed by atoms with van der Waals surface area (Å²) in [6, 6.07) is 17.1. The Hall–Kier alpha value is -2.34. The van der Waals surface area contributed by atoms with Crippen LogP contribution >= 0.6 is 15.9 Å². The summed E-state index contributed by atoms with van der Waals surface area (Å²) in [7, 11) is 1.32. The first-order valence-electron chi connectivity index (χ1n) is 8.25. The van der Waals surface area contributed by atoms with Gasteiger partial charge in [0, 0.05) is 9.89 Å². The summed E-state index contributed by atoms with van der Waals surface area (Å²) in [5.74, 6) is -0.473. The van der Waals surface area contributed by atoms with Crippen molar-refractivity contribution in [1.82, 2.24) is 5.32 Å². The Bertz CT molecular complexity index is 808. The predicted molar refractivity (Wildman–Crippen MR) is 101 cm³/mol. The van der Waals surface area contributed by atoms with Gasteiger partial charge in [-0.1, -0.05) is 65.3 Å². The minimum Gasteiger partial charge on any atom is -0.467 e. The Labute approximate surface area is 160 Å². The summed E-state index contributed by atoms with van der Waals surface area (Å²) in [4.78, 5) is 24.8. The van der Waals surface area contributed by atoms with E-state index >= 15 is 0 Å². The van der Waals surface area contributed by atoms with Gasteiger partial charge in [-0.25, -0.2) is 9.59 Å². The third-order valence-corrected chi connectivity index (χ3v) is 5.51. The number of amides is 1. The van der Waals surface area contributed by atoms with Gasteiger partial charge in [-0.3, -0.25) is 0 Å². The second-order valence-corrected chi connectivity index (χ2v) is 7.52. The molecule has 0 spiro atoms. The largest absolute Gasteiger partial charge is 0.467 e. The van der Waals surface area contributed by atoms with Gasteiger partial charge in [0.15, 0.2) is 5.54 Å². The van der Waals surface area contributed by atoms with Crippen molar-refractivity contribution in [2.75, 3.05) is 7.11 Å². The summed E-state index contributed by atoms with van der Waals surface area (Å²) >= 11 is 3.41. The molecule has 2 aromatic rings. The molecule has 0 saturated heterocycles. The van der Waals surface area contributed by atoms with Crippen LogP contribution in [-0.4, -0.2) is 24.7 Å². The van der Waals surface area contributed by atoms with Gasteiger partial charge in [-0.2, -0.15) is 0 Å². The molecule has 0 aliphatic heterocycles. The fourth-order valence-corrected chi connectivity index (χ4v) is 3.55. The van der Waals surface area contributed by atoms with Crippen LogP contribution in [0.3, 0.4) is 0 Å². The van der Waals surface area contributed by atoms with Crippen LogP contribution in [0.15, 0.2) is 59.1 Å². The number of hydrogen-bond donors (Lipinski definition) is 1. The molecule has 1 aliphatic carbocycles. The minimum atomic E-state index is -1.12. The van der Waals surface area contributed by atoms with Gasteiger partial charge in [-0.15, -0.1) is 0 Å². The molecule has 5 nitrogen and oxygen atoms in total. The lowest BCUT2D eigenvalue weighted by atomic mass is 9.92. The third kappa shape index (κ3) is 3.33. The molecule has 1 saturated carbocycles. The molecule has 1 aliphatic rings. The number of benzene rings is 2. The van der Waals surface area contributed by atoms with Crippen molar-refractivity contribution >= 4 is 28.0 Å². The van der Waals surface area contributed by atoms with Crippen LogP contribution in [0, 0.1) is 0 Å². The standard InChI is InChI=1S/C20H20BrNO4/c1-19(15-8-10-16(21)11-9-15)13-20(19,17(23)25-2)22-18(24)26-12-14-6-4-3-5-7-14/h3-11H,12-13H2,1-2H3,(H,22,24). The maximum Gasteiger partial charge on any atom is 0.408 e. The molecule has 136 valence electrons. The van der Waals surface area contributed by atoms with Crippen LogP contribution in [0.5, 0.6) is 0 Å². The summed E-state index contributed by atoms with van der Waals surface area (Å²) in [5.41, 5.74) is 0.159. The summed E-state index contributed by atoms with van der Waals surface area (Å²) < 4.78 is 11.2. The Kier molecular flexibility index (Phi) is 5.05. The number of nitrogens with one attached hydrogen (secondary N) is 1. The average Bonchev–Trinajstić information content (AvgIpc) is 3.27. The van der Waals surface area contributed by atoms with Gasteiger partial charge < -0.3 is 14.8 Å². The van der Waals surface area contributed by atoms with E-state index in [0.29, 0.717) is 6.42 Å². The second kappa shape index (κ2) is 7.11. The zero-order valence-corrected chi connectivity index (χ0v) is 16.2. The Morgan fingerprint density at radius 1 is 1.12 bits per heavy atom. The van der Waals surface area contributed by atoms with Crippen LogP contribution in [0.25, 0.3) is 0 Å². The summed E-state index contributed by atoms with van der Waals surface area (Å²) in [5, 5.41) is 2.74. The van der Waals surface area contributed by atoms with E-state index < -0.39 is 23.0 Å². The molecular formula is C20H20BrNO4. The van der Waals surface area contributed by atoms with E-state index in [1.807, 2.05) is 61.5 Å². The van der Waals surface area contributed by atoms with Crippen LogP contribution in [-0.2, 0) is 26.3 Å². The van der Waals surface area contributed by atoms with Gasteiger partial charge in [0.05, 0.1) is 7.11 Å². The molecule has 3 rings (SSSR count). The molecule has 1 N–H and O–H groups in total. The molecule has 6 heteroatoms. The van der Waals surface area contributed by atoms with Crippen LogP contribution < -0.4 is 5.32 Å². The normalized spacial score (nSPS) is 23.8. The lowest BCUT2D eigenvalue weighted by molar-refractivity contribution is -0.144. The highest BCUT2D eigenvalue weighted by atomic mass is 79.9. The fraction of sp³-hybridized carbons (Fsp3) is 0.300. The smallest absolute Gasteiger partial charge is 0.408 e. The Balaban J connectivity index is 1.74. The zero-order valence-electron chi connectivity index (χ0n) is 14.6. The summed E-state index contributed by atoms with van der Waals surface area (Å²) in [6.45, 7) is 2.07. The van der Waals surface area contributed by atoms with Crippen molar-refractivity contribution in [2.24, 2.45) is 0 Å². The van der Waals surface area contributed by atoms with Gasteiger partial charge in [0.25, 0.3) is 0 Å². The number of hydrogen-bond acceptors (Lipinski definition) is 4. The number of ether oxygens (including phenoxy) is 2. The van der Waals surface area contributed by atoms with Crippen LogP contribution in [0.4, 0.5) is 4.79 Å². The lowest BCUT2D eigenvalue weighted by Crippen LogP contribution is -2.49. The van der Waals surface area contributed by atoms with E-state index in [2.05, 4.69) is 21.2 Å². The predicted octanol–water partition coefficient (Wildman–Crippen LogP) is 3.95. The van der Waals surface area contributed by atoms with Gasteiger partial charge in [0.2, 0.25) is 0 Å². The van der Waals surface area contributed by atoms with Crippen molar-refractivity contribution in [1.29, 1.82) is 0 Å². The molecule has 2 aromatic carbocycles. The first kappa shape index (κ1) is 18.5. The molecule has 0 radical (unpaired) electrons. The van der Waals surface area contributed by atoms with E-state index in [0.717, 1.165) is 15.6 Å². The Morgan fingerprint density at radius 3 is 2.38 bits per heavy atom. The topological polar surface area (TPSA) is 64.6 Å². The van der Waals surface area contributed by atoms with Gasteiger partial charge in [-0.05, 0) is 29.7 Å². The monoisotopic (exact) mass is 417 g/mol. The van der Waals surface area contributed by atoms with E-state index in [-0.39, 0.29) is 6.61 Å². The average molecular weight is 418 g/mol. The maximum absolute atomic E-state index is 12.5. The number of halogens is 1. The van der Waals surface area contributed by atoms with Crippen molar-refractivity contribution in [3.05, 3.63) is 70.2 Å². The molecule has 0 heterocycles. The highest BCUT2D eigenvalue weighted by molar-refractivity contribution is 9.10. The first-order chi connectivity index (χ1) is 12.4. The van der Waals surface area contributed by atoms with Gasteiger partial charge in [0.1, 0.15) is 6.61 Å². The molecule has 2 unspecified atom stereocenters. The molecule has 2 atom stereocenters. The van der Waals surface area contributed by atoms with E-state index in [4.69, 9.17) is 9.47 Å². The fourth-order valence-electron chi connectivity index (χ4n) is 3.29. The molecule has 1 fully saturated rings. The molecule has 0 aromatic heterocycles. The van der Waals surface area contributed by atoms with Crippen molar-refractivity contribution < 1.29 is 19.1 Å². The van der Waals surface area contributed by atoms with Crippen molar-refractivity contribution in [3.8, 4) is 0 Å². The van der Waals surface area contributed by atoms with Crippen molar-refractivity contribution in [3.63, 3.8) is 0 Å². The number of carbonyl (C=O) groups excluding carboxylic acids is 2. The number of methoxy groups -OCH3 is 1. The first-order valence-corrected chi connectivity index (χ1v) is 9.04. The number of carbonyl (C=O) groups is 2. The Morgan fingerprint density at radius 2 is 1.77 bits per heavy atom. The number of esters is 1. The molecule has 1 amide bonds. The molecule has 26 heavy (non-hydrogen) atoms. The van der Waals surface area contributed by atoms with E-state index in [1.165, 1.54) is 7.11 Å². The van der Waals surface area contributed by atoms with Crippen LogP contribution in [0.2, 0.25) is 0 Å². The highest BCUT2D eigenvalue weighted by Crippen LogP contribution is 2.58.